The van der Waals surface area contributed by atoms with Gasteiger partial charge in [0, 0.05) is 10.8 Å². The topological polar surface area (TPSA) is 106 Å². The number of hydrogen-bond acceptors (Lipinski definition) is 10. The van der Waals surface area contributed by atoms with Crippen molar-refractivity contribution in [3.8, 4) is 11.5 Å². The summed E-state index contributed by atoms with van der Waals surface area (Å²) in [7, 11) is 0. The molecule has 0 bridgehead atoms. The molecule has 1 unspecified atom stereocenters. The first-order valence-corrected chi connectivity index (χ1v) is 16.1. The lowest BCUT2D eigenvalue weighted by Gasteiger charge is -2.24. The molecule has 5 aromatic rings. The molecule has 216 valence electrons. The van der Waals surface area contributed by atoms with E-state index < -0.39 is 23.5 Å². The number of amides is 1. The summed E-state index contributed by atoms with van der Waals surface area (Å²) in [6.07, 6.45) is 0. The minimum Gasteiger partial charge on any atom is -0.503 e. The number of carbonyl (C=O) groups excluding carboxylic acids is 2. The van der Waals surface area contributed by atoms with Crippen LogP contribution in [0.2, 0.25) is 5.02 Å². The van der Waals surface area contributed by atoms with Crippen molar-refractivity contribution in [2.45, 2.75) is 30.0 Å². The predicted octanol–water partition coefficient (Wildman–Crippen LogP) is 8.13. The summed E-state index contributed by atoms with van der Waals surface area (Å²) < 4.78 is 6.66. The molecule has 1 N–H and O–H groups in total. The molecular weight excluding hydrogens is 624 g/mol. The van der Waals surface area contributed by atoms with E-state index in [9.17, 15) is 14.7 Å². The fourth-order valence-corrected chi connectivity index (χ4v) is 7.73. The van der Waals surface area contributed by atoms with Crippen molar-refractivity contribution in [1.82, 2.24) is 15.2 Å². The van der Waals surface area contributed by atoms with Crippen LogP contribution in [0.1, 0.15) is 37.5 Å². The van der Waals surface area contributed by atoms with Gasteiger partial charge in [0.25, 0.3) is 5.91 Å². The molecule has 1 amide bonds. The molecule has 2 aromatic heterocycles. The van der Waals surface area contributed by atoms with E-state index in [1.54, 1.807) is 38.1 Å². The molecule has 1 aliphatic rings. The van der Waals surface area contributed by atoms with Gasteiger partial charge in [-0.3, -0.25) is 14.5 Å². The van der Waals surface area contributed by atoms with E-state index in [0.29, 0.717) is 47.8 Å². The zero-order valence-corrected chi connectivity index (χ0v) is 26.1. The Balaban J connectivity index is 1.38. The third-order valence-electron chi connectivity index (χ3n) is 6.63. The Bertz CT molecular complexity index is 1870. The first-order chi connectivity index (χ1) is 20.8. The maximum absolute atomic E-state index is 14.0. The molecule has 0 radical (unpaired) electrons. The van der Waals surface area contributed by atoms with Crippen LogP contribution in [0.15, 0.2) is 94.5 Å². The number of hydrogen-bond donors (Lipinski definition) is 1. The average molecular weight is 647 g/mol. The van der Waals surface area contributed by atoms with Crippen molar-refractivity contribution < 1.29 is 19.4 Å². The number of rotatable bonds is 9. The van der Waals surface area contributed by atoms with Crippen molar-refractivity contribution in [2.75, 3.05) is 4.90 Å². The van der Waals surface area contributed by atoms with Gasteiger partial charge in [-0.25, -0.2) is 4.98 Å². The number of aliphatic hydroxyl groups excluding tert-OH is 1. The van der Waals surface area contributed by atoms with Crippen molar-refractivity contribution >= 4 is 62.9 Å². The molecule has 0 aliphatic carbocycles. The number of Topliss-reactive ketones (excluding diaryl/α,β-unsaturated/α-hetero) is 1. The number of aryl methyl sites for hydroxylation is 2. The fourth-order valence-electron chi connectivity index (χ4n) is 4.70. The monoisotopic (exact) mass is 646 g/mol. The lowest BCUT2D eigenvalue weighted by Crippen LogP contribution is -2.31. The van der Waals surface area contributed by atoms with Crippen LogP contribution >= 0.6 is 46.0 Å². The van der Waals surface area contributed by atoms with E-state index in [1.165, 1.54) is 39.3 Å². The molecule has 0 saturated heterocycles. The van der Waals surface area contributed by atoms with Gasteiger partial charge in [0.15, 0.2) is 10.1 Å². The third-order valence-corrected chi connectivity index (χ3v) is 10.2. The second-order valence-corrected chi connectivity index (χ2v) is 13.3. The quantitative estimate of drug-likeness (QED) is 0.0972. The van der Waals surface area contributed by atoms with Crippen molar-refractivity contribution in [2.24, 2.45) is 0 Å². The Morgan fingerprint density at radius 2 is 1.74 bits per heavy atom. The molecule has 0 fully saturated rings. The van der Waals surface area contributed by atoms with Gasteiger partial charge in [-0.15, -0.1) is 21.5 Å². The number of para-hydroxylation sites is 1. The normalized spacial score (nSPS) is 14.9. The number of ether oxygens (including phenoxy) is 1. The Kier molecular flexibility index (Phi) is 8.31. The number of nitrogens with zero attached hydrogens (tertiary/aromatic N) is 4. The van der Waals surface area contributed by atoms with E-state index in [2.05, 4.69) is 15.2 Å². The van der Waals surface area contributed by atoms with Crippen LogP contribution in [-0.4, -0.2) is 32.0 Å². The number of aliphatic hydroxyl groups is 1. The van der Waals surface area contributed by atoms with Crippen molar-refractivity contribution in [1.29, 1.82) is 0 Å². The summed E-state index contributed by atoms with van der Waals surface area (Å²) in [5, 5.41) is 21.4. The first kappa shape index (κ1) is 29.1. The average Bonchev–Trinajstić information content (AvgIpc) is 3.68. The Morgan fingerprint density at radius 3 is 2.49 bits per heavy atom. The standard InChI is InChI=1S/C31H23ClN4O4S3/c1-17-28(42-18(2)33-17)26(37)24-25(19-10-8-13-22(15-19)40-21-11-4-3-5-12-21)36(29(39)27(24)38)30-34-35-31(43-30)41-16-20-9-6-7-14-23(20)32/h3-15,25,38H,16H2,1-2H3. The van der Waals surface area contributed by atoms with Crippen LogP contribution in [0.3, 0.4) is 0 Å². The summed E-state index contributed by atoms with van der Waals surface area (Å²) in [5.74, 6) is -0.132. The number of thioether (sulfide) groups is 1. The van der Waals surface area contributed by atoms with Crippen LogP contribution in [0.4, 0.5) is 5.13 Å². The number of halogens is 1. The second kappa shape index (κ2) is 12.3. The molecule has 3 aromatic carbocycles. The maximum atomic E-state index is 14.0. The minimum atomic E-state index is -0.976. The Hall–Kier alpha value is -4.03. The van der Waals surface area contributed by atoms with Gasteiger partial charge in [0.1, 0.15) is 11.5 Å². The number of aromatic nitrogens is 3. The van der Waals surface area contributed by atoms with Gasteiger partial charge in [-0.05, 0) is 55.3 Å². The summed E-state index contributed by atoms with van der Waals surface area (Å²) in [6, 6.07) is 22.9. The minimum absolute atomic E-state index is 0.0471. The van der Waals surface area contributed by atoms with Crippen LogP contribution in [0.5, 0.6) is 11.5 Å². The van der Waals surface area contributed by atoms with Crippen LogP contribution in [0, 0.1) is 13.8 Å². The number of benzene rings is 3. The smallest absolute Gasteiger partial charge is 0.296 e. The summed E-state index contributed by atoms with van der Waals surface area (Å²) in [5.41, 5.74) is 1.99. The van der Waals surface area contributed by atoms with Gasteiger partial charge < -0.3 is 9.84 Å². The maximum Gasteiger partial charge on any atom is 0.296 e. The first-order valence-electron chi connectivity index (χ1n) is 13.1. The molecule has 3 heterocycles. The van der Waals surface area contributed by atoms with Gasteiger partial charge in [0.05, 0.1) is 27.2 Å². The SMILES string of the molecule is Cc1nc(C)c(C(=O)C2=C(O)C(=O)N(c3nnc(SCc4ccccc4Cl)s3)C2c2cccc(Oc3ccccc3)c2)s1. The van der Waals surface area contributed by atoms with Crippen LogP contribution in [0.25, 0.3) is 0 Å². The van der Waals surface area contributed by atoms with E-state index in [4.69, 9.17) is 16.3 Å². The molecule has 43 heavy (non-hydrogen) atoms. The van der Waals surface area contributed by atoms with Crippen molar-refractivity contribution in [3.63, 3.8) is 0 Å². The summed E-state index contributed by atoms with van der Waals surface area (Å²) in [4.78, 5) is 33.7. The van der Waals surface area contributed by atoms with E-state index in [1.807, 2.05) is 54.6 Å². The number of thiazole rings is 1. The summed E-state index contributed by atoms with van der Waals surface area (Å²) in [6.45, 7) is 3.54. The van der Waals surface area contributed by atoms with E-state index >= 15 is 0 Å². The van der Waals surface area contributed by atoms with E-state index in [0.717, 1.165) is 5.56 Å². The molecule has 12 heteroatoms. The molecular formula is C31H23ClN4O4S3. The largest absolute Gasteiger partial charge is 0.503 e. The molecule has 8 nitrogen and oxygen atoms in total. The Morgan fingerprint density at radius 1 is 1.00 bits per heavy atom. The van der Waals surface area contributed by atoms with Gasteiger partial charge >= 0.3 is 0 Å². The zero-order chi connectivity index (χ0) is 30.1. The highest BCUT2D eigenvalue weighted by atomic mass is 35.5. The third kappa shape index (κ3) is 5.94. The highest BCUT2D eigenvalue weighted by Crippen LogP contribution is 2.45. The van der Waals surface area contributed by atoms with Crippen molar-refractivity contribution in [3.05, 3.63) is 122 Å². The lowest BCUT2D eigenvalue weighted by atomic mass is 9.95. The zero-order valence-electron chi connectivity index (χ0n) is 22.9. The van der Waals surface area contributed by atoms with Crippen LogP contribution < -0.4 is 9.64 Å². The van der Waals surface area contributed by atoms with Crippen LogP contribution in [-0.2, 0) is 10.5 Å². The molecule has 0 spiro atoms. The molecule has 1 atom stereocenters. The number of carbonyl (C=O) groups is 2. The summed E-state index contributed by atoms with van der Waals surface area (Å²) >= 11 is 10.2. The highest BCUT2D eigenvalue weighted by molar-refractivity contribution is 8.00. The second-order valence-electron chi connectivity index (χ2n) is 9.53. The Labute approximate surface area is 264 Å². The molecule has 6 rings (SSSR count). The molecule has 0 saturated carbocycles. The number of ketones is 1. The highest BCUT2D eigenvalue weighted by Gasteiger charge is 2.47. The fraction of sp³-hybridized carbons (Fsp3) is 0.129. The van der Waals surface area contributed by atoms with Gasteiger partial charge in [0.2, 0.25) is 10.9 Å². The predicted molar refractivity (Wildman–Crippen MR) is 170 cm³/mol. The lowest BCUT2D eigenvalue weighted by molar-refractivity contribution is -0.117. The van der Waals surface area contributed by atoms with E-state index in [-0.39, 0.29) is 10.7 Å². The molecule has 1 aliphatic heterocycles. The van der Waals surface area contributed by atoms with Gasteiger partial charge in [-0.1, -0.05) is 83.2 Å². The number of anilines is 1. The van der Waals surface area contributed by atoms with Gasteiger partial charge in [-0.2, -0.15) is 0 Å².